The normalized spacial score (nSPS) is 26.6. The van der Waals surface area contributed by atoms with Crippen molar-refractivity contribution in [1.29, 1.82) is 0 Å². The van der Waals surface area contributed by atoms with Gasteiger partial charge in [-0.1, -0.05) is 6.92 Å². The summed E-state index contributed by atoms with van der Waals surface area (Å²) in [4.78, 5) is 11.7. The number of hydrogen-bond acceptors (Lipinski definition) is 3. The van der Waals surface area contributed by atoms with Gasteiger partial charge < -0.3 is 11.1 Å². The molecule has 0 radical (unpaired) electrons. The second-order valence-corrected chi connectivity index (χ2v) is 5.31. The van der Waals surface area contributed by atoms with Crippen LogP contribution < -0.4 is 11.1 Å². The SMILES string of the molecule is CCC(C)(N)C(=O)NC1CCCSC1. The Kier molecular flexibility index (Phi) is 4.26. The van der Waals surface area contributed by atoms with Crippen LogP contribution in [0.2, 0.25) is 0 Å². The van der Waals surface area contributed by atoms with Gasteiger partial charge in [0.15, 0.2) is 0 Å². The number of carbonyl (C=O) groups is 1. The molecule has 1 fully saturated rings. The van der Waals surface area contributed by atoms with Crippen LogP contribution >= 0.6 is 11.8 Å². The maximum Gasteiger partial charge on any atom is 0.240 e. The monoisotopic (exact) mass is 216 g/mol. The zero-order valence-corrected chi connectivity index (χ0v) is 9.82. The van der Waals surface area contributed by atoms with Crippen molar-refractivity contribution < 1.29 is 4.79 Å². The van der Waals surface area contributed by atoms with Crippen molar-refractivity contribution in [2.24, 2.45) is 5.73 Å². The molecule has 4 heteroatoms. The molecule has 1 rings (SSSR count). The molecule has 14 heavy (non-hydrogen) atoms. The molecule has 82 valence electrons. The molecular weight excluding hydrogens is 196 g/mol. The fourth-order valence-corrected chi connectivity index (χ4v) is 2.44. The van der Waals surface area contributed by atoms with Crippen LogP contribution in [0.3, 0.4) is 0 Å². The summed E-state index contributed by atoms with van der Waals surface area (Å²) in [5.41, 5.74) is 5.15. The van der Waals surface area contributed by atoms with Crippen molar-refractivity contribution in [2.45, 2.75) is 44.7 Å². The molecule has 0 aliphatic carbocycles. The highest BCUT2D eigenvalue weighted by Gasteiger charge is 2.28. The highest BCUT2D eigenvalue weighted by atomic mass is 32.2. The summed E-state index contributed by atoms with van der Waals surface area (Å²) < 4.78 is 0. The largest absolute Gasteiger partial charge is 0.351 e. The molecule has 0 spiro atoms. The average Bonchev–Trinajstić information content (AvgIpc) is 2.19. The standard InChI is InChI=1S/C10H20N2OS/c1-3-10(2,11)9(13)12-8-5-4-6-14-7-8/h8H,3-7,11H2,1-2H3,(H,12,13). The second-order valence-electron chi connectivity index (χ2n) is 4.16. The maximum atomic E-state index is 11.7. The first kappa shape index (κ1) is 11.9. The van der Waals surface area contributed by atoms with Crippen LogP contribution in [0.5, 0.6) is 0 Å². The second kappa shape index (κ2) is 5.03. The van der Waals surface area contributed by atoms with Gasteiger partial charge in [0.05, 0.1) is 5.54 Å². The summed E-state index contributed by atoms with van der Waals surface area (Å²) in [6.45, 7) is 3.73. The van der Waals surface area contributed by atoms with Gasteiger partial charge in [0.2, 0.25) is 5.91 Å². The first-order valence-corrected chi connectivity index (χ1v) is 6.39. The van der Waals surface area contributed by atoms with Crippen LogP contribution in [0.15, 0.2) is 0 Å². The summed E-state index contributed by atoms with van der Waals surface area (Å²) in [5, 5.41) is 3.03. The first-order chi connectivity index (χ1) is 6.56. The Morgan fingerprint density at radius 1 is 1.71 bits per heavy atom. The Hall–Kier alpha value is -0.220. The molecule has 1 saturated heterocycles. The van der Waals surface area contributed by atoms with Crippen molar-refractivity contribution in [1.82, 2.24) is 5.32 Å². The Labute approximate surface area is 90.2 Å². The number of carbonyl (C=O) groups excluding carboxylic acids is 1. The molecule has 1 heterocycles. The van der Waals surface area contributed by atoms with E-state index in [1.54, 1.807) is 6.92 Å². The molecule has 0 saturated carbocycles. The van der Waals surface area contributed by atoms with E-state index < -0.39 is 5.54 Å². The molecule has 0 aromatic rings. The van der Waals surface area contributed by atoms with E-state index in [4.69, 9.17) is 5.73 Å². The van der Waals surface area contributed by atoms with E-state index >= 15 is 0 Å². The number of nitrogens with one attached hydrogen (secondary N) is 1. The summed E-state index contributed by atoms with van der Waals surface area (Å²) in [7, 11) is 0. The molecule has 3 nitrogen and oxygen atoms in total. The zero-order chi connectivity index (χ0) is 10.6. The fourth-order valence-electron chi connectivity index (χ4n) is 1.37. The van der Waals surface area contributed by atoms with Crippen molar-refractivity contribution in [3.05, 3.63) is 0 Å². The van der Waals surface area contributed by atoms with E-state index in [1.807, 2.05) is 18.7 Å². The lowest BCUT2D eigenvalue weighted by Crippen LogP contribution is -2.54. The lowest BCUT2D eigenvalue weighted by atomic mass is 9.99. The van der Waals surface area contributed by atoms with E-state index in [0.717, 1.165) is 12.2 Å². The summed E-state index contributed by atoms with van der Waals surface area (Å²) in [6.07, 6.45) is 2.97. The summed E-state index contributed by atoms with van der Waals surface area (Å²) >= 11 is 1.91. The van der Waals surface area contributed by atoms with Gasteiger partial charge in [0.1, 0.15) is 0 Å². The topological polar surface area (TPSA) is 55.1 Å². The smallest absolute Gasteiger partial charge is 0.240 e. The molecule has 0 aromatic heterocycles. The summed E-state index contributed by atoms with van der Waals surface area (Å²) in [5.74, 6) is 2.25. The molecule has 3 N–H and O–H groups in total. The molecule has 1 aliphatic heterocycles. The van der Waals surface area contributed by atoms with Crippen LogP contribution in [0.4, 0.5) is 0 Å². The van der Waals surface area contributed by atoms with Gasteiger partial charge in [0.25, 0.3) is 0 Å². The van der Waals surface area contributed by atoms with E-state index in [2.05, 4.69) is 5.32 Å². The zero-order valence-electron chi connectivity index (χ0n) is 9.01. The van der Waals surface area contributed by atoms with Gasteiger partial charge in [-0.2, -0.15) is 11.8 Å². The Balaban J connectivity index is 2.39. The highest BCUT2D eigenvalue weighted by molar-refractivity contribution is 7.99. The maximum absolute atomic E-state index is 11.7. The average molecular weight is 216 g/mol. The number of nitrogens with two attached hydrogens (primary N) is 1. The number of hydrogen-bond donors (Lipinski definition) is 2. The highest BCUT2D eigenvalue weighted by Crippen LogP contribution is 2.17. The lowest BCUT2D eigenvalue weighted by molar-refractivity contribution is -0.126. The quantitative estimate of drug-likeness (QED) is 0.743. The third-order valence-corrected chi connectivity index (χ3v) is 3.96. The van der Waals surface area contributed by atoms with Crippen molar-refractivity contribution >= 4 is 17.7 Å². The third kappa shape index (κ3) is 3.17. The molecule has 0 aromatic carbocycles. The first-order valence-electron chi connectivity index (χ1n) is 5.24. The molecule has 2 atom stereocenters. The van der Waals surface area contributed by atoms with Gasteiger partial charge in [-0.25, -0.2) is 0 Å². The van der Waals surface area contributed by atoms with Crippen LogP contribution in [0.1, 0.15) is 33.1 Å². The molecular formula is C10H20N2OS. The van der Waals surface area contributed by atoms with E-state index in [-0.39, 0.29) is 5.91 Å². The number of amides is 1. The minimum absolute atomic E-state index is 0.00694. The van der Waals surface area contributed by atoms with Crippen LogP contribution in [0.25, 0.3) is 0 Å². The fraction of sp³-hybridized carbons (Fsp3) is 0.900. The van der Waals surface area contributed by atoms with E-state index in [0.29, 0.717) is 12.5 Å². The Morgan fingerprint density at radius 3 is 2.93 bits per heavy atom. The number of rotatable bonds is 3. The molecule has 1 aliphatic rings. The van der Waals surface area contributed by atoms with Gasteiger partial charge in [-0.3, -0.25) is 4.79 Å². The minimum Gasteiger partial charge on any atom is -0.351 e. The third-order valence-electron chi connectivity index (χ3n) is 2.75. The predicted molar refractivity (Wildman–Crippen MR) is 61.4 cm³/mol. The van der Waals surface area contributed by atoms with Crippen LogP contribution in [-0.2, 0) is 4.79 Å². The van der Waals surface area contributed by atoms with Gasteiger partial charge >= 0.3 is 0 Å². The molecule has 2 unspecified atom stereocenters. The lowest BCUT2D eigenvalue weighted by Gasteiger charge is -2.28. The van der Waals surface area contributed by atoms with Crippen LogP contribution in [-0.4, -0.2) is 29.0 Å². The van der Waals surface area contributed by atoms with Crippen LogP contribution in [0, 0.1) is 0 Å². The molecule has 0 bridgehead atoms. The van der Waals surface area contributed by atoms with Gasteiger partial charge in [-0.05, 0) is 31.9 Å². The van der Waals surface area contributed by atoms with Crippen molar-refractivity contribution in [3.8, 4) is 0 Å². The Bertz CT molecular complexity index is 200. The number of thioether (sulfide) groups is 1. The van der Waals surface area contributed by atoms with E-state index in [1.165, 1.54) is 12.2 Å². The van der Waals surface area contributed by atoms with Crippen molar-refractivity contribution in [2.75, 3.05) is 11.5 Å². The minimum atomic E-state index is -0.706. The van der Waals surface area contributed by atoms with Crippen molar-refractivity contribution in [3.63, 3.8) is 0 Å². The summed E-state index contributed by atoms with van der Waals surface area (Å²) in [6, 6.07) is 0.329. The van der Waals surface area contributed by atoms with Gasteiger partial charge in [-0.15, -0.1) is 0 Å². The van der Waals surface area contributed by atoms with E-state index in [9.17, 15) is 4.79 Å². The van der Waals surface area contributed by atoms with Gasteiger partial charge in [0, 0.05) is 11.8 Å². The molecule has 1 amide bonds. The predicted octanol–water partition coefficient (Wildman–Crippen LogP) is 1.13. The Morgan fingerprint density at radius 2 is 2.43 bits per heavy atom.